The van der Waals surface area contributed by atoms with Crippen molar-refractivity contribution >= 4 is 12.0 Å². The van der Waals surface area contributed by atoms with E-state index in [0.717, 1.165) is 12.1 Å². The number of amides is 2. The number of halogens is 3. The summed E-state index contributed by atoms with van der Waals surface area (Å²) in [6, 6.07) is 3.96. The number of carboxylic acids is 1. The average Bonchev–Trinajstić information content (AvgIpc) is 2.40. The molecule has 0 aliphatic heterocycles. The van der Waals surface area contributed by atoms with Crippen LogP contribution in [0.2, 0.25) is 0 Å². The molecule has 3 N–H and O–H groups in total. The average molecular weight is 304 g/mol. The predicted molar refractivity (Wildman–Crippen MR) is 68.6 cm³/mol. The van der Waals surface area contributed by atoms with Gasteiger partial charge in [0.2, 0.25) is 0 Å². The van der Waals surface area contributed by atoms with Gasteiger partial charge >= 0.3 is 18.2 Å². The normalized spacial score (nSPS) is 11.0. The van der Waals surface area contributed by atoms with Gasteiger partial charge in [0.15, 0.2) is 0 Å². The highest BCUT2D eigenvalue weighted by atomic mass is 19.4. The molecule has 0 saturated carbocycles. The first-order chi connectivity index (χ1) is 9.79. The number of benzene rings is 1. The number of rotatable bonds is 6. The number of alkyl halides is 3. The van der Waals surface area contributed by atoms with E-state index in [2.05, 4.69) is 10.6 Å². The lowest BCUT2D eigenvalue weighted by Crippen LogP contribution is -2.35. The maximum absolute atomic E-state index is 12.3. The third-order valence-electron chi connectivity index (χ3n) is 2.59. The predicted octanol–water partition coefficient (Wildman–Crippen LogP) is 2.37. The van der Waals surface area contributed by atoms with Gasteiger partial charge < -0.3 is 15.7 Å². The number of hydrogen-bond acceptors (Lipinski definition) is 2. The molecule has 0 bridgehead atoms. The number of carboxylic acid groups (broad SMARTS) is 1. The van der Waals surface area contributed by atoms with E-state index in [-0.39, 0.29) is 19.5 Å². The highest BCUT2D eigenvalue weighted by Crippen LogP contribution is 2.28. The first-order valence-electron chi connectivity index (χ1n) is 6.18. The summed E-state index contributed by atoms with van der Waals surface area (Å²) in [7, 11) is 0. The highest BCUT2D eigenvalue weighted by Gasteiger charge is 2.29. The van der Waals surface area contributed by atoms with Gasteiger partial charge in [-0.05, 0) is 24.1 Å². The molecule has 0 atom stereocenters. The Labute approximate surface area is 119 Å². The molecule has 0 aromatic heterocycles. The number of nitrogens with one attached hydrogen (secondary N) is 2. The Balaban J connectivity index is 2.31. The van der Waals surface area contributed by atoms with Crippen LogP contribution in [-0.4, -0.2) is 23.7 Å². The second-order valence-corrected chi connectivity index (χ2v) is 4.30. The number of urea groups is 1. The highest BCUT2D eigenvalue weighted by molar-refractivity contribution is 5.73. The standard InChI is InChI=1S/C13H15F3N2O3/c14-13(15,16)10-5-3-9(4-6-10)8-18-12(21)17-7-1-2-11(19)20/h3-6H,1-2,7-8H2,(H,19,20)(H2,17,18,21). The van der Waals surface area contributed by atoms with Crippen molar-refractivity contribution in [3.05, 3.63) is 35.4 Å². The van der Waals surface area contributed by atoms with E-state index in [1.165, 1.54) is 12.1 Å². The Bertz CT molecular complexity index is 486. The maximum atomic E-state index is 12.3. The molecule has 1 rings (SSSR count). The largest absolute Gasteiger partial charge is 0.481 e. The van der Waals surface area contributed by atoms with Gasteiger partial charge in [0.1, 0.15) is 0 Å². The summed E-state index contributed by atoms with van der Waals surface area (Å²) in [5.74, 6) is -0.943. The molecule has 0 aliphatic rings. The van der Waals surface area contributed by atoms with Crippen LogP contribution in [0.1, 0.15) is 24.0 Å². The smallest absolute Gasteiger partial charge is 0.416 e. The topological polar surface area (TPSA) is 78.4 Å². The molecule has 21 heavy (non-hydrogen) atoms. The quantitative estimate of drug-likeness (QED) is 0.706. The van der Waals surface area contributed by atoms with E-state index in [1.54, 1.807) is 0 Å². The monoisotopic (exact) mass is 304 g/mol. The zero-order valence-electron chi connectivity index (χ0n) is 11.0. The summed E-state index contributed by atoms with van der Waals surface area (Å²) in [6.45, 7) is 0.300. The molecule has 116 valence electrons. The Morgan fingerprint density at radius 1 is 1.10 bits per heavy atom. The zero-order chi connectivity index (χ0) is 15.9. The van der Waals surface area contributed by atoms with Gasteiger partial charge in [0.05, 0.1) is 5.56 Å². The zero-order valence-corrected chi connectivity index (χ0v) is 11.0. The summed E-state index contributed by atoms with van der Waals surface area (Å²) in [5, 5.41) is 13.3. The van der Waals surface area contributed by atoms with Crippen molar-refractivity contribution in [3.63, 3.8) is 0 Å². The van der Waals surface area contributed by atoms with E-state index in [0.29, 0.717) is 12.0 Å². The Morgan fingerprint density at radius 2 is 1.71 bits per heavy atom. The van der Waals surface area contributed by atoms with Gasteiger partial charge in [-0.1, -0.05) is 12.1 Å². The number of carbonyl (C=O) groups excluding carboxylic acids is 1. The Morgan fingerprint density at radius 3 is 2.24 bits per heavy atom. The fraction of sp³-hybridized carbons (Fsp3) is 0.385. The first-order valence-corrected chi connectivity index (χ1v) is 6.18. The third kappa shape index (κ3) is 6.64. The molecule has 0 aliphatic carbocycles. The molecule has 1 aromatic carbocycles. The Hall–Kier alpha value is -2.25. The van der Waals surface area contributed by atoms with Crippen LogP contribution in [0.4, 0.5) is 18.0 Å². The lowest BCUT2D eigenvalue weighted by Gasteiger charge is -2.09. The van der Waals surface area contributed by atoms with Crippen LogP contribution in [0.25, 0.3) is 0 Å². The van der Waals surface area contributed by atoms with Crippen molar-refractivity contribution < 1.29 is 27.9 Å². The van der Waals surface area contributed by atoms with E-state index in [4.69, 9.17) is 5.11 Å². The molecule has 8 heteroatoms. The minimum Gasteiger partial charge on any atom is -0.481 e. The molecular weight excluding hydrogens is 289 g/mol. The summed E-state index contributed by atoms with van der Waals surface area (Å²) in [4.78, 5) is 21.6. The number of carbonyl (C=O) groups is 2. The molecule has 0 fully saturated rings. The number of aliphatic carboxylic acids is 1. The lowest BCUT2D eigenvalue weighted by molar-refractivity contribution is -0.138. The molecule has 2 amide bonds. The molecule has 0 unspecified atom stereocenters. The van der Waals surface area contributed by atoms with E-state index in [1.807, 2.05) is 0 Å². The molecule has 0 saturated heterocycles. The van der Waals surface area contributed by atoms with Crippen molar-refractivity contribution in [2.75, 3.05) is 6.54 Å². The van der Waals surface area contributed by atoms with Gasteiger partial charge in [-0.15, -0.1) is 0 Å². The van der Waals surface area contributed by atoms with Crippen molar-refractivity contribution in [1.29, 1.82) is 0 Å². The molecule has 0 heterocycles. The fourth-order valence-electron chi connectivity index (χ4n) is 1.50. The van der Waals surface area contributed by atoms with Gasteiger partial charge in [0.25, 0.3) is 0 Å². The van der Waals surface area contributed by atoms with Crippen LogP contribution >= 0.6 is 0 Å². The summed E-state index contributed by atoms with van der Waals surface area (Å²) >= 11 is 0. The van der Waals surface area contributed by atoms with Crippen LogP contribution in [0.5, 0.6) is 0 Å². The minimum absolute atomic E-state index is 0.0425. The second-order valence-electron chi connectivity index (χ2n) is 4.30. The molecule has 5 nitrogen and oxygen atoms in total. The maximum Gasteiger partial charge on any atom is 0.416 e. The van der Waals surface area contributed by atoms with Crippen LogP contribution in [-0.2, 0) is 17.5 Å². The molecule has 0 spiro atoms. The molecular formula is C13H15F3N2O3. The van der Waals surface area contributed by atoms with Gasteiger partial charge in [0, 0.05) is 19.5 Å². The SMILES string of the molecule is O=C(O)CCCNC(=O)NCc1ccc(C(F)(F)F)cc1. The van der Waals surface area contributed by atoms with Crippen molar-refractivity contribution in [3.8, 4) is 0 Å². The van der Waals surface area contributed by atoms with Crippen molar-refractivity contribution in [1.82, 2.24) is 10.6 Å². The van der Waals surface area contributed by atoms with E-state index in [9.17, 15) is 22.8 Å². The van der Waals surface area contributed by atoms with Crippen LogP contribution < -0.4 is 10.6 Å². The van der Waals surface area contributed by atoms with E-state index < -0.39 is 23.7 Å². The summed E-state index contributed by atoms with van der Waals surface area (Å²) in [6.07, 6.45) is -4.12. The van der Waals surface area contributed by atoms with E-state index >= 15 is 0 Å². The van der Waals surface area contributed by atoms with Crippen molar-refractivity contribution in [2.45, 2.75) is 25.6 Å². The van der Waals surface area contributed by atoms with Crippen molar-refractivity contribution in [2.24, 2.45) is 0 Å². The van der Waals surface area contributed by atoms with Crippen LogP contribution in [0.15, 0.2) is 24.3 Å². The van der Waals surface area contributed by atoms with Crippen LogP contribution in [0, 0.1) is 0 Å². The van der Waals surface area contributed by atoms with Gasteiger partial charge in [-0.2, -0.15) is 13.2 Å². The minimum atomic E-state index is -4.38. The summed E-state index contributed by atoms with van der Waals surface area (Å²) in [5.41, 5.74) is -0.215. The second kappa shape index (κ2) is 7.51. The number of hydrogen-bond donors (Lipinski definition) is 3. The third-order valence-corrected chi connectivity index (χ3v) is 2.59. The van der Waals surface area contributed by atoms with Gasteiger partial charge in [-0.25, -0.2) is 4.79 Å². The lowest BCUT2D eigenvalue weighted by atomic mass is 10.1. The van der Waals surface area contributed by atoms with Gasteiger partial charge in [-0.3, -0.25) is 4.79 Å². The Kier molecular flexibility index (Phi) is 6.01. The molecule has 0 radical (unpaired) electrons. The summed E-state index contributed by atoms with van der Waals surface area (Å²) < 4.78 is 37.0. The first kappa shape index (κ1) is 16.8. The molecule has 1 aromatic rings. The fourth-order valence-corrected chi connectivity index (χ4v) is 1.50. The van der Waals surface area contributed by atoms with Crippen LogP contribution in [0.3, 0.4) is 0 Å².